The standard InChI is InChI=1S/C21H24N2O4/c1-13(27-16-8-5-14(6-9-16)21(2,3)4)20(25)22-15-7-10-18-17(11-15)23-19(24)12-26-18/h5-11,13H,12H2,1-4H3,(H,22,25)(H,23,24)/t13-/m1/s1. The summed E-state index contributed by atoms with van der Waals surface area (Å²) < 4.78 is 11.0. The maximum absolute atomic E-state index is 12.4. The number of anilines is 2. The smallest absolute Gasteiger partial charge is 0.265 e. The quantitative estimate of drug-likeness (QED) is 0.862. The Balaban J connectivity index is 1.62. The third kappa shape index (κ3) is 4.58. The number of hydrogen-bond donors (Lipinski definition) is 2. The molecule has 3 rings (SSSR count). The van der Waals surface area contributed by atoms with Crippen molar-refractivity contribution >= 4 is 23.2 Å². The number of nitrogens with one attached hydrogen (secondary N) is 2. The Bertz CT molecular complexity index is 853. The number of ether oxygens (including phenoxy) is 2. The molecule has 0 saturated carbocycles. The molecule has 1 heterocycles. The first-order chi connectivity index (χ1) is 12.7. The van der Waals surface area contributed by atoms with E-state index in [4.69, 9.17) is 9.47 Å². The molecular formula is C21H24N2O4. The average Bonchev–Trinajstić information content (AvgIpc) is 2.61. The minimum atomic E-state index is -0.674. The van der Waals surface area contributed by atoms with Crippen LogP contribution in [0.25, 0.3) is 0 Å². The van der Waals surface area contributed by atoms with E-state index in [1.165, 1.54) is 5.56 Å². The van der Waals surface area contributed by atoms with Gasteiger partial charge in [0.05, 0.1) is 5.69 Å². The highest BCUT2D eigenvalue weighted by Crippen LogP contribution is 2.30. The van der Waals surface area contributed by atoms with Crippen LogP contribution in [0.1, 0.15) is 33.3 Å². The summed E-state index contributed by atoms with van der Waals surface area (Å²) in [5.41, 5.74) is 2.36. The molecule has 0 bridgehead atoms. The normalized spacial score (nSPS) is 14.4. The summed E-state index contributed by atoms with van der Waals surface area (Å²) in [5, 5.41) is 5.51. The molecule has 0 aromatic heterocycles. The summed E-state index contributed by atoms with van der Waals surface area (Å²) in [4.78, 5) is 23.8. The van der Waals surface area contributed by atoms with E-state index in [0.717, 1.165) is 0 Å². The Kier molecular flexibility index (Phi) is 5.08. The number of benzene rings is 2. The summed E-state index contributed by atoms with van der Waals surface area (Å²) in [6, 6.07) is 12.8. The third-order valence-corrected chi connectivity index (χ3v) is 4.28. The monoisotopic (exact) mass is 368 g/mol. The number of carbonyl (C=O) groups is 2. The maximum atomic E-state index is 12.4. The number of carbonyl (C=O) groups excluding carboxylic acids is 2. The van der Waals surface area contributed by atoms with Gasteiger partial charge in [-0.15, -0.1) is 0 Å². The lowest BCUT2D eigenvalue weighted by Crippen LogP contribution is -2.30. The first-order valence-corrected chi connectivity index (χ1v) is 8.87. The van der Waals surface area contributed by atoms with E-state index in [-0.39, 0.29) is 23.8 Å². The van der Waals surface area contributed by atoms with E-state index in [0.29, 0.717) is 22.9 Å². The van der Waals surface area contributed by atoms with Crippen molar-refractivity contribution in [2.75, 3.05) is 17.2 Å². The van der Waals surface area contributed by atoms with Crippen molar-refractivity contribution in [3.05, 3.63) is 48.0 Å². The molecule has 2 aromatic carbocycles. The minimum absolute atomic E-state index is 0.00240. The Morgan fingerprint density at radius 2 is 1.89 bits per heavy atom. The van der Waals surface area contributed by atoms with Gasteiger partial charge in [-0.2, -0.15) is 0 Å². The van der Waals surface area contributed by atoms with Crippen LogP contribution in [0.3, 0.4) is 0 Å². The first-order valence-electron chi connectivity index (χ1n) is 8.87. The van der Waals surface area contributed by atoms with Gasteiger partial charge in [-0.05, 0) is 48.2 Å². The SMILES string of the molecule is C[C@@H](Oc1ccc(C(C)(C)C)cc1)C(=O)Nc1ccc2c(c1)NC(=O)CO2. The topological polar surface area (TPSA) is 76.7 Å². The minimum Gasteiger partial charge on any atom is -0.482 e. The van der Waals surface area contributed by atoms with Crippen LogP contribution in [0.4, 0.5) is 11.4 Å². The van der Waals surface area contributed by atoms with Gasteiger partial charge >= 0.3 is 0 Å². The largest absolute Gasteiger partial charge is 0.482 e. The molecule has 1 aliphatic rings. The van der Waals surface area contributed by atoms with Crippen LogP contribution in [0.15, 0.2) is 42.5 Å². The Morgan fingerprint density at radius 1 is 1.19 bits per heavy atom. The summed E-state index contributed by atoms with van der Waals surface area (Å²) in [7, 11) is 0. The molecule has 6 nitrogen and oxygen atoms in total. The van der Waals surface area contributed by atoms with Crippen molar-refractivity contribution in [2.24, 2.45) is 0 Å². The fraction of sp³-hybridized carbons (Fsp3) is 0.333. The molecule has 0 aliphatic carbocycles. The Morgan fingerprint density at radius 3 is 2.56 bits per heavy atom. The lowest BCUT2D eigenvalue weighted by Gasteiger charge is -2.21. The molecule has 0 radical (unpaired) electrons. The summed E-state index contributed by atoms with van der Waals surface area (Å²) >= 11 is 0. The summed E-state index contributed by atoms with van der Waals surface area (Å²) in [6.07, 6.45) is -0.674. The van der Waals surface area contributed by atoms with Crippen LogP contribution in [-0.2, 0) is 15.0 Å². The first kappa shape index (κ1) is 18.8. The highest BCUT2D eigenvalue weighted by Gasteiger charge is 2.19. The van der Waals surface area contributed by atoms with Crippen molar-refractivity contribution in [1.29, 1.82) is 0 Å². The molecule has 27 heavy (non-hydrogen) atoms. The van der Waals surface area contributed by atoms with Gasteiger partial charge in [0, 0.05) is 5.69 Å². The molecule has 142 valence electrons. The lowest BCUT2D eigenvalue weighted by atomic mass is 9.87. The van der Waals surface area contributed by atoms with E-state index in [1.807, 2.05) is 24.3 Å². The van der Waals surface area contributed by atoms with Crippen molar-refractivity contribution in [3.63, 3.8) is 0 Å². The Labute approximate surface area is 158 Å². The van der Waals surface area contributed by atoms with Gasteiger partial charge in [0.1, 0.15) is 11.5 Å². The molecule has 2 amide bonds. The molecule has 0 spiro atoms. The van der Waals surface area contributed by atoms with Gasteiger partial charge in [-0.1, -0.05) is 32.9 Å². The van der Waals surface area contributed by atoms with Gasteiger partial charge in [-0.25, -0.2) is 0 Å². The number of hydrogen-bond acceptors (Lipinski definition) is 4. The molecule has 0 fully saturated rings. The Hall–Kier alpha value is -3.02. The van der Waals surface area contributed by atoms with Crippen LogP contribution in [0.5, 0.6) is 11.5 Å². The van der Waals surface area contributed by atoms with E-state index in [2.05, 4.69) is 31.4 Å². The molecule has 2 aromatic rings. The third-order valence-electron chi connectivity index (χ3n) is 4.28. The number of rotatable bonds is 4. The van der Waals surface area contributed by atoms with Gasteiger partial charge in [0.2, 0.25) is 0 Å². The molecule has 0 saturated heterocycles. The predicted molar refractivity (Wildman–Crippen MR) is 104 cm³/mol. The van der Waals surface area contributed by atoms with Gasteiger partial charge in [0.15, 0.2) is 12.7 Å². The predicted octanol–water partition coefficient (Wildman–Crippen LogP) is 3.72. The summed E-state index contributed by atoms with van der Waals surface area (Å²) in [5.74, 6) is 0.715. The zero-order valence-electron chi connectivity index (χ0n) is 16.0. The van der Waals surface area contributed by atoms with Crippen LogP contribution in [-0.4, -0.2) is 24.5 Å². The molecule has 2 N–H and O–H groups in total. The molecule has 1 atom stereocenters. The fourth-order valence-electron chi connectivity index (χ4n) is 2.70. The second-order valence-electron chi connectivity index (χ2n) is 7.57. The highest BCUT2D eigenvalue weighted by atomic mass is 16.5. The second kappa shape index (κ2) is 7.31. The highest BCUT2D eigenvalue weighted by molar-refractivity contribution is 5.98. The van der Waals surface area contributed by atoms with Crippen LogP contribution in [0, 0.1) is 0 Å². The lowest BCUT2D eigenvalue weighted by molar-refractivity contribution is -0.122. The number of amides is 2. The summed E-state index contributed by atoms with van der Waals surface area (Å²) in [6.45, 7) is 8.12. The van der Waals surface area contributed by atoms with Crippen molar-refractivity contribution in [2.45, 2.75) is 39.2 Å². The van der Waals surface area contributed by atoms with Crippen LogP contribution in [0.2, 0.25) is 0 Å². The van der Waals surface area contributed by atoms with E-state index < -0.39 is 6.10 Å². The van der Waals surface area contributed by atoms with Gasteiger partial charge < -0.3 is 20.1 Å². The van der Waals surface area contributed by atoms with Crippen LogP contribution >= 0.6 is 0 Å². The average molecular weight is 368 g/mol. The second-order valence-corrected chi connectivity index (χ2v) is 7.57. The van der Waals surface area contributed by atoms with Crippen LogP contribution < -0.4 is 20.1 Å². The van der Waals surface area contributed by atoms with Crippen molar-refractivity contribution < 1.29 is 19.1 Å². The maximum Gasteiger partial charge on any atom is 0.265 e. The van der Waals surface area contributed by atoms with Gasteiger partial charge in [-0.3, -0.25) is 9.59 Å². The van der Waals surface area contributed by atoms with E-state index in [1.54, 1.807) is 25.1 Å². The molecule has 6 heteroatoms. The zero-order chi connectivity index (χ0) is 19.6. The number of fused-ring (bicyclic) bond motifs is 1. The molecule has 1 aliphatic heterocycles. The van der Waals surface area contributed by atoms with Crippen molar-refractivity contribution in [3.8, 4) is 11.5 Å². The van der Waals surface area contributed by atoms with E-state index >= 15 is 0 Å². The van der Waals surface area contributed by atoms with Gasteiger partial charge in [0.25, 0.3) is 11.8 Å². The van der Waals surface area contributed by atoms with Crippen molar-refractivity contribution in [1.82, 2.24) is 0 Å². The van der Waals surface area contributed by atoms with E-state index in [9.17, 15) is 9.59 Å². The molecular weight excluding hydrogens is 344 g/mol. The zero-order valence-corrected chi connectivity index (χ0v) is 16.0. The molecule has 0 unspecified atom stereocenters. The fourth-order valence-corrected chi connectivity index (χ4v) is 2.70.